The Kier molecular flexibility index (Phi) is 12.6. The highest BCUT2D eigenvalue weighted by Gasteiger charge is 2.25. The van der Waals surface area contributed by atoms with Gasteiger partial charge in [0.05, 0.1) is 20.2 Å². The molecular weight excluding hydrogens is 761 g/mol. The van der Waals surface area contributed by atoms with Gasteiger partial charge >= 0.3 is 0 Å². The highest BCUT2D eigenvalue weighted by atomic mass is 32.2. The van der Waals surface area contributed by atoms with Crippen molar-refractivity contribution in [2.45, 2.75) is 33.7 Å². The molecule has 6 rings (SSSR count). The van der Waals surface area contributed by atoms with Gasteiger partial charge in [-0.2, -0.15) is 0 Å². The van der Waals surface area contributed by atoms with Crippen molar-refractivity contribution in [3.8, 4) is 0 Å². The van der Waals surface area contributed by atoms with E-state index < -0.39 is 24.8 Å². The summed E-state index contributed by atoms with van der Waals surface area (Å²) in [5.41, 5.74) is 2.09. The van der Waals surface area contributed by atoms with E-state index >= 15 is 0 Å². The zero-order chi connectivity index (χ0) is 39.2. The number of hydrogen-bond donors (Lipinski definition) is 2. The van der Waals surface area contributed by atoms with Crippen LogP contribution >= 0.6 is 11.8 Å². The fourth-order valence-corrected chi connectivity index (χ4v) is 9.38. The molecule has 5 aromatic rings. The van der Waals surface area contributed by atoms with Crippen molar-refractivity contribution in [1.82, 2.24) is 19.8 Å². The number of nitrogens with one attached hydrogen (secondary N) is 2. The summed E-state index contributed by atoms with van der Waals surface area (Å²) in [6, 6.07) is 26.2. The summed E-state index contributed by atoms with van der Waals surface area (Å²) in [6.07, 6.45) is 3.21. The molecule has 1 fully saturated rings. The number of aromatic nitrogens is 2. The van der Waals surface area contributed by atoms with Crippen LogP contribution in [0.2, 0.25) is 0 Å². The van der Waals surface area contributed by atoms with Crippen LogP contribution in [0, 0.1) is 10.1 Å². The van der Waals surface area contributed by atoms with Crippen LogP contribution in [0.3, 0.4) is 0 Å². The Labute approximate surface area is 326 Å². The average Bonchev–Trinajstić information content (AvgIpc) is 3.16. The summed E-state index contributed by atoms with van der Waals surface area (Å²) in [5, 5.41) is 16.0. The molecule has 1 saturated heterocycles. The molecule has 1 atom stereocenters. The summed E-state index contributed by atoms with van der Waals surface area (Å²) < 4.78 is 54.4. The van der Waals surface area contributed by atoms with Gasteiger partial charge < -0.3 is 15.1 Å². The fourth-order valence-electron chi connectivity index (χ4n) is 6.41. The number of piperazine rings is 1. The summed E-state index contributed by atoms with van der Waals surface area (Å²) in [5.74, 6) is 0.704. The highest BCUT2D eigenvalue weighted by molar-refractivity contribution is 7.99. The van der Waals surface area contributed by atoms with Crippen molar-refractivity contribution in [3.63, 3.8) is 0 Å². The Hall–Kier alpha value is -4.81. The van der Waals surface area contributed by atoms with Crippen molar-refractivity contribution in [2.75, 3.05) is 73.8 Å². The van der Waals surface area contributed by atoms with E-state index in [0.29, 0.717) is 47.6 Å². The smallest absolute Gasteiger partial charge is 0.293 e. The maximum atomic E-state index is 13.7. The lowest BCUT2D eigenvalue weighted by molar-refractivity contribution is -0.384. The maximum absolute atomic E-state index is 13.7. The second-order valence-electron chi connectivity index (χ2n) is 13.7. The van der Waals surface area contributed by atoms with Gasteiger partial charge in [-0.05, 0) is 81.2 Å². The summed E-state index contributed by atoms with van der Waals surface area (Å²) in [7, 11) is -3.69. The van der Waals surface area contributed by atoms with Gasteiger partial charge in [0, 0.05) is 72.8 Å². The van der Waals surface area contributed by atoms with E-state index in [4.69, 9.17) is 0 Å². The minimum absolute atomic E-state index is 0.0532. The number of hydrogen-bond acceptors (Lipinski definition) is 13. The topological polar surface area (TPSA) is 171 Å². The SMILES string of the molecule is CN(C)CC[C@H](CSc1ccccc1)Nc1ccc(S(=O)(=O)Nc2ncnc3cc(N4CCN(Cc5ccccc5S(C)(=O)=O)CC4)ccc23)cc1[N+](=O)[O-]. The van der Waals surface area contributed by atoms with E-state index in [1.165, 1.54) is 24.7 Å². The number of fused-ring (bicyclic) bond motifs is 1. The molecule has 17 heteroatoms. The minimum Gasteiger partial charge on any atom is -0.376 e. The Morgan fingerprint density at radius 2 is 1.64 bits per heavy atom. The van der Waals surface area contributed by atoms with Crippen LogP contribution in [0.5, 0.6) is 0 Å². The van der Waals surface area contributed by atoms with E-state index in [1.807, 2.05) is 73.6 Å². The number of rotatable bonds is 16. The lowest BCUT2D eigenvalue weighted by Crippen LogP contribution is -2.46. The van der Waals surface area contributed by atoms with Crippen molar-refractivity contribution in [1.29, 1.82) is 0 Å². The second-order valence-corrected chi connectivity index (χ2v) is 18.4. The summed E-state index contributed by atoms with van der Waals surface area (Å²) in [6.45, 7) is 4.11. The number of nitro benzene ring substituents is 1. The zero-order valence-electron chi connectivity index (χ0n) is 30.8. The van der Waals surface area contributed by atoms with Crippen LogP contribution in [0.15, 0.2) is 112 Å². The van der Waals surface area contributed by atoms with Gasteiger partial charge in [0.2, 0.25) is 0 Å². The first-order chi connectivity index (χ1) is 26.3. The maximum Gasteiger partial charge on any atom is 0.293 e. The molecule has 0 aliphatic carbocycles. The first-order valence-corrected chi connectivity index (χ1v) is 22.0. The van der Waals surface area contributed by atoms with Crippen LogP contribution in [0.1, 0.15) is 12.0 Å². The normalized spacial score (nSPS) is 14.6. The Morgan fingerprint density at radius 3 is 2.35 bits per heavy atom. The molecule has 0 amide bonds. The van der Waals surface area contributed by atoms with E-state index in [0.717, 1.165) is 41.8 Å². The standard InChI is InChI=1S/C38H44N8O6S3/c1-43(2)18-17-29(26-53-31-10-5-4-6-11-31)41-34-16-14-32(24-36(34)46(47)48)55(51,52)42-38-33-15-13-30(23-35(33)39-27-40-38)45-21-19-44(20-22-45)25-28-9-7-8-12-37(28)54(3,49)50/h4-16,23-24,27,29,41H,17-22,25-26H2,1-3H3,(H,39,40,42)/t29-/m1/s1. The first-order valence-electron chi connectivity index (χ1n) is 17.7. The lowest BCUT2D eigenvalue weighted by Gasteiger charge is -2.36. The monoisotopic (exact) mass is 804 g/mol. The van der Waals surface area contributed by atoms with Gasteiger partial charge in [0.25, 0.3) is 15.7 Å². The number of thioether (sulfide) groups is 1. The molecule has 1 aromatic heterocycles. The molecule has 0 unspecified atom stereocenters. The number of nitrogens with zero attached hydrogens (tertiary/aromatic N) is 6. The zero-order valence-corrected chi connectivity index (χ0v) is 33.3. The Balaban J connectivity index is 1.15. The summed E-state index contributed by atoms with van der Waals surface area (Å²) in [4.78, 5) is 27.9. The van der Waals surface area contributed by atoms with Crippen LogP contribution in [-0.2, 0) is 26.4 Å². The van der Waals surface area contributed by atoms with Gasteiger partial charge in [-0.3, -0.25) is 19.7 Å². The van der Waals surface area contributed by atoms with Gasteiger partial charge in [0.15, 0.2) is 15.7 Å². The van der Waals surface area contributed by atoms with Crippen LogP contribution < -0.4 is 14.9 Å². The predicted molar refractivity (Wildman–Crippen MR) is 218 cm³/mol. The molecule has 1 aliphatic heterocycles. The third-order valence-corrected chi connectivity index (χ3v) is 13.0. The average molecular weight is 805 g/mol. The van der Waals surface area contributed by atoms with E-state index in [1.54, 1.807) is 30.0 Å². The molecule has 290 valence electrons. The van der Waals surface area contributed by atoms with E-state index in [-0.39, 0.29) is 28.1 Å². The Bertz CT molecular complexity index is 2360. The van der Waals surface area contributed by atoms with Crippen LogP contribution in [0.25, 0.3) is 10.9 Å². The highest BCUT2D eigenvalue weighted by Crippen LogP contribution is 2.32. The number of benzene rings is 4. The quantitative estimate of drug-likeness (QED) is 0.0720. The minimum atomic E-state index is -4.29. The van der Waals surface area contributed by atoms with Gasteiger partial charge in [0.1, 0.15) is 12.0 Å². The molecule has 0 spiro atoms. The molecule has 55 heavy (non-hydrogen) atoms. The second kappa shape index (κ2) is 17.3. The molecule has 0 radical (unpaired) electrons. The molecule has 2 N–H and O–H groups in total. The van der Waals surface area contributed by atoms with Crippen molar-refractivity contribution in [2.24, 2.45) is 0 Å². The largest absolute Gasteiger partial charge is 0.376 e. The van der Waals surface area contributed by atoms with Crippen LogP contribution in [-0.4, -0.2) is 106 Å². The van der Waals surface area contributed by atoms with E-state index in [9.17, 15) is 26.9 Å². The number of nitro groups is 1. The molecule has 2 heterocycles. The van der Waals surface area contributed by atoms with Crippen molar-refractivity contribution in [3.05, 3.63) is 113 Å². The predicted octanol–water partition coefficient (Wildman–Crippen LogP) is 5.59. The third kappa shape index (κ3) is 10.3. The number of sulfonamides is 1. The Morgan fingerprint density at radius 1 is 0.909 bits per heavy atom. The molecule has 0 saturated carbocycles. The third-order valence-electron chi connectivity index (χ3n) is 9.31. The lowest BCUT2D eigenvalue weighted by atomic mass is 10.1. The first kappa shape index (κ1) is 39.9. The summed E-state index contributed by atoms with van der Waals surface area (Å²) >= 11 is 1.64. The molecular formula is C38H44N8O6S3. The van der Waals surface area contributed by atoms with Gasteiger partial charge in [-0.1, -0.05) is 36.4 Å². The molecule has 0 bridgehead atoms. The van der Waals surface area contributed by atoms with Crippen molar-refractivity contribution < 1.29 is 21.8 Å². The van der Waals surface area contributed by atoms with Crippen molar-refractivity contribution >= 4 is 65.4 Å². The van der Waals surface area contributed by atoms with Crippen LogP contribution in [0.4, 0.5) is 22.9 Å². The van der Waals surface area contributed by atoms with Gasteiger partial charge in [-0.15, -0.1) is 11.8 Å². The fraction of sp³-hybridized carbons (Fsp3) is 0.316. The molecule has 14 nitrogen and oxygen atoms in total. The van der Waals surface area contributed by atoms with E-state index in [2.05, 4.69) is 29.8 Å². The number of sulfone groups is 1. The van der Waals surface area contributed by atoms with Gasteiger partial charge in [-0.25, -0.2) is 26.8 Å². The number of anilines is 3. The molecule has 4 aromatic carbocycles. The molecule has 1 aliphatic rings.